The Morgan fingerprint density at radius 3 is 2.79 bits per heavy atom. The molecule has 0 aromatic carbocycles. The number of rotatable bonds is 7. The van der Waals surface area contributed by atoms with Gasteiger partial charge in [0.25, 0.3) is 0 Å². The normalized spacial score (nSPS) is 15.1. The summed E-state index contributed by atoms with van der Waals surface area (Å²) in [5.74, 6) is 0.400. The molecule has 0 radical (unpaired) electrons. The second-order valence-corrected chi connectivity index (χ2v) is 5.73. The number of hydrogen-bond donors (Lipinski definition) is 1. The second kappa shape index (κ2) is 8.47. The van der Waals surface area contributed by atoms with Crippen LogP contribution in [0.3, 0.4) is 0 Å². The van der Waals surface area contributed by atoms with Gasteiger partial charge in [-0.1, -0.05) is 24.0 Å². The Labute approximate surface area is 122 Å². The maximum absolute atomic E-state index is 12.0. The zero-order valence-corrected chi connectivity index (χ0v) is 12.5. The highest BCUT2D eigenvalue weighted by molar-refractivity contribution is 8.23. The van der Waals surface area contributed by atoms with E-state index < -0.39 is 0 Å². The molecular formula is C11H18N2O4S2. The summed E-state index contributed by atoms with van der Waals surface area (Å²) < 4.78 is 5.44. The summed E-state index contributed by atoms with van der Waals surface area (Å²) in [6.07, 6.45) is 0. The molecule has 1 rings (SSSR count). The molecular weight excluding hydrogens is 288 g/mol. The second-order valence-electron chi connectivity index (χ2n) is 4.00. The van der Waals surface area contributed by atoms with E-state index in [9.17, 15) is 9.59 Å². The molecule has 1 aliphatic rings. The molecule has 8 heteroatoms. The van der Waals surface area contributed by atoms with Gasteiger partial charge in [0.15, 0.2) is 0 Å². The fourth-order valence-corrected chi connectivity index (χ4v) is 2.87. The van der Waals surface area contributed by atoms with Gasteiger partial charge in [-0.15, -0.1) is 0 Å². The third kappa shape index (κ3) is 5.85. The van der Waals surface area contributed by atoms with E-state index in [2.05, 4.69) is 0 Å². The Morgan fingerprint density at radius 2 is 2.26 bits per heavy atom. The minimum absolute atomic E-state index is 0.0491. The van der Waals surface area contributed by atoms with Crippen LogP contribution in [-0.4, -0.2) is 76.2 Å². The number of ether oxygens (including phenoxy) is 1. The van der Waals surface area contributed by atoms with E-state index in [0.717, 1.165) is 5.75 Å². The Bertz CT molecular complexity index is 352. The van der Waals surface area contributed by atoms with Crippen LogP contribution >= 0.6 is 24.0 Å². The first-order chi connectivity index (χ1) is 9.04. The number of carbonyl (C=O) groups excluding carboxylic acids is 2. The van der Waals surface area contributed by atoms with Gasteiger partial charge in [-0.2, -0.15) is 0 Å². The Hall–Kier alpha value is -0.700. The third-order valence-electron chi connectivity index (χ3n) is 2.55. The molecule has 1 fully saturated rings. The van der Waals surface area contributed by atoms with Crippen molar-refractivity contribution in [3.63, 3.8) is 0 Å². The zero-order chi connectivity index (χ0) is 14.3. The number of nitrogens with zero attached hydrogens (tertiary/aromatic N) is 2. The van der Waals surface area contributed by atoms with Crippen LogP contribution in [0.1, 0.15) is 6.92 Å². The van der Waals surface area contributed by atoms with Gasteiger partial charge in [-0.3, -0.25) is 19.4 Å². The van der Waals surface area contributed by atoms with Crippen LogP contribution in [0, 0.1) is 0 Å². The van der Waals surface area contributed by atoms with Crippen molar-refractivity contribution in [2.75, 3.05) is 45.1 Å². The van der Waals surface area contributed by atoms with Gasteiger partial charge in [0.05, 0.1) is 13.2 Å². The predicted octanol–water partition coefficient (Wildman–Crippen LogP) is -0.296. The highest BCUT2D eigenvalue weighted by atomic mass is 32.2. The molecule has 1 saturated heterocycles. The number of carbonyl (C=O) groups is 2. The Balaban J connectivity index is 2.40. The SMILES string of the molecule is CC(=O)OCCN(CCO)CC(=O)N1CCSC1=S. The number of amides is 1. The first kappa shape index (κ1) is 16.4. The van der Waals surface area contributed by atoms with E-state index in [1.165, 1.54) is 18.7 Å². The van der Waals surface area contributed by atoms with E-state index in [1.807, 2.05) is 0 Å². The first-order valence-electron chi connectivity index (χ1n) is 5.98. The van der Waals surface area contributed by atoms with Crippen molar-refractivity contribution in [1.29, 1.82) is 0 Å². The fraction of sp³-hybridized carbons (Fsp3) is 0.727. The van der Waals surface area contributed by atoms with Gasteiger partial charge < -0.3 is 9.84 Å². The summed E-state index contributed by atoms with van der Waals surface area (Å²) in [6, 6.07) is 0. The van der Waals surface area contributed by atoms with Crippen LogP contribution in [-0.2, 0) is 14.3 Å². The first-order valence-corrected chi connectivity index (χ1v) is 7.37. The van der Waals surface area contributed by atoms with Crippen LogP contribution < -0.4 is 0 Å². The van der Waals surface area contributed by atoms with E-state index >= 15 is 0 Å². The van der Waals surface area contributed by atoms with Gasteiger partial charge in [0, 0.05) is 32.3 Å². The summed E-state index contributed by atoms with van der Waals surface area (Å²) in [5.41, 5.74) is 0. The van der Waals surface area contributed by atoms with Gasteiger partial charge >= 0.3 is 5.97 Å². The van der Waals surface area contributed by atoms with Crippen molar-refractivity contribution >= 4 is 40.2 Å². The van der Waals surface area contributed by atoms with Gasteiger partial charge in [0.1, 0.15) is 10.9 Å². The lowest BCUT2D eigenvalue weighted by Gasteiger charge is -2.23. The molecule has 0 aromatic heterocycles. The predicted molar refractivity (Wildman–Crippen MR) is 76.9 cm³/mol. The highest BCUT2D eigenvalue weighted by Crippen LogP contribution is 2.17. The van der Waals surface area contributed by atoms with Crippen LogP contribution in [0.2, 0.25) is 0 Å². The molecule has 6 nitrogen and oxygen atoms in total. The summed E-state index contributed by atoms with van der Waals surface area (Å²) >= 11 is 6.58. The average molecular weight is 306 g/mol. The summed E-state index contributed by atoms with van der Waals surface area (Å²) in [5, 5.41) is 8.97. The highest BCUT2D eigenvalue weighted by Gasteiger charge is 2.25. The minimum atomic E-state index is -0.354. The quantitative estimate of drug-likeness (QED) is 0.512. The molecule has 19 heavy (non-hydrogen) atoms. The Morgan fingerprint density at radius 1 is 1.53 bits per heavy atom. The standard InChI is InChI=1S/C11H18N2O4S2/c1-9(15)17-6-3-12(2-5-14)8-10(16)13-4-7-19-11(13)18/h14H,2-8H2,1H3. The lowest BCUT2D eigenvalue weighted by molar-refractivity contribution is -0.141. The topological polar surface area (TPSA) is 70.1 Å². The fourth-order valence-electron chi connectivity index (χ4n) is 1.63. The molecule has 0 unspecified atom stereocenters. The van der Waals surface area contributed by atoms with Crippen molar-refractivity contribution in [3.05, 3.63) is 0 Å². The molecule has 0 bridgehead atoms. The molecule has 1 heterocycles. The summed E-state index contributed by atoms with van der Waals surface area (Å²) in [6.45, 7) is 3.08. The minimum Gasteiger partial charge on any atom is -0.465 e. The van der Waals surface area contributed by atoms with E-state index in [4.69, 9.17) is 22.1 Å². The number of thiocarbonyl (C=S) groups is 1. The third-order valence-corrected chi connectivity index (χ3v) is 3.98. The number of thioether (sulfide) groups is 1. The average Bonchev–Trinajstić information content (AvgIpc) is 2.75. The number of hydrogen-bond acceptors (Lipinski definition) is 7. The van der Waals surface area contributed by atoms with Gasteiger partial charge in [-0.25, -0.2) is 0 Å². The molecule has 1 amide bonds. The zero-order valence-electron chi connectivity index (χ0n) is 10.8. The van der Waals surface area contributed by atoms with Crippen LogP contribution in [0.4, 0.5) is 0 Å². The summed E-state index contributed by atoms with van der Waals surface area (Å²) in [4.78, 5) is 26.0. The molecule has 0 atom stereocenters. The van der Waals surface area contributed by atoms with Gasteiger partial charge in [-0.05, 0) is 0 Å². The molecule has 1 aliphatic heterocycles. The van der Waals surface area contributed by atoms with Crippen molar-refractivity contribution in [2.45, 2.75) is 6.92 Å². The molecule has 1 N–H and O–H groups in total. The number of aliphatic hydroxyl groups excluding tert-OH is 1. The van der Waals surface area contributed by atoms with Crippen molar-refractivity contribution in [2.24, 2.45) is 0 Å². The number of esters is 1. The number of aliphatic hydroxyl groups is 1. The smallest absolute Gasteiger partial charge is 0.302 e. The van der Waals surface area contributed by atoms with Crippen molar-refractivity contribution in [3.8, 4) is 0 Å². The van der Waals surface area contributed by atoms with E-state index in [0.29, 0.717) is 24.0 Å². The van der Waals surface area contributed by atoms with Crippen LogP contribution in [0.15, 0.2) is 0 Å². The maximum Gasteiger partial charge on any atom is 0.302 e. The summed E-state index contributed by atoms with van der Waals surface area (Å²) in [7, 11) is 0. The lowest BCUT2D eigenvalue weighted by Crippen LogP contribution is -2.42. The van der Waals surface area contributed by atoms with Crippen LogP contribution in [0.25, 0.3) is 0 Å². The van der Waals surface area contributed by atoms with Crippen LogP contribution in [0.5, 0.6) is 0 Å². The molecule has 0 saturated carbocycles. The monoisotopic (exact) mass is 306 g/mol. The largest absolute Gasteiger partial charge is 0.465 e. The van der Waals surface area contributed by atoms with Crippen molar-refractivity contribution < 1.29 is 19.4 Å². The molecule has 108 valence electrons. The van der Waals surface area contributed by atoms with Crippen molar-refractivity contribution in [1.82, 2.24) is 9.80 Å². The lowest BCUT2D eigenvalue weighted by atomic mass is 10.4. The van der Waals surface area contributed by atoms with E-state index in [1.54, 1.807) is 9.80 Å². The molecule has 0 spiro atoms. The maximum atomic E-state index is 12.0. The molecule has 0 aromatic rings. The van der Waals surface area contributed by atoms with Gasteiger partial charge in [0.2, 0.25) is 5.91 Å². The van der Waals surface area contributed by atoms with E-state index in [-0.39, 0.29) is 31.6 Å². The Kier molecular flexibility index (Phi) is 7.29. The molecule has 0 aliphatic carbocycles.